The molecule has 0 bridgehead atoms. The molecule has 0 aliphatic carbocycles. The van der Waals surface area contributed by atoms with Crippen molar-refractivity contribution in [2.24, 2.45) is 0 Å². The number of esters is 3. The molecule has 0 radical (unpaired) electrons. The normalized spacial score (nSPS) is 11.1. The molecular formula is C33H40O8S. The van der Waals surface area contributed by atoms with E-state index < -0.39 is 11.6 Å². The number of hydrogen-bond acceptors (Lipinski definition) is 9. The maximum Gasteiger partial charge on any atom is 0.338 e. The van der Waals surface area contributed by atoms with Gasteiger partial charge in [0.2, 0.25) is 0 Å². The van der Waals surface area contributed by atoms with E-state index in [1.54, 1.807) is 37.3 Å². The lowest BCUT2D eigenvalue weighted by Crippen LogP contribution is -2.23. The average Bonchev–Trinajstić information content (AvgIpc) is 3.48. The van der Waals surface area contributed by atoms with Gasteiger partial charge in [0.1, 0.15) is 23.7 Å². The van der Waals surface area contributed by atoms with Crippen molar-refractivity contribution in [2.75, 3.05) is 19.8 Å². The molecule has 2 aromatic carbocycles. The van der Waals surface area contributed by atoms with Crippen LogP contribution in [0.5, 0.6) is 11.5 Å². The summed E-state index contributed by atoms with van der Waals surface area (Å²) < 4.78 is 28.0. The summed E-state index contributed by atoms with van der Waals surface area (Å²) in [6.45, 7) is 10.2. The molecule has 1 aromatic heterocycles. The van der Waals surface area contributed by atoms with Gasteiger partial charge in [0.05, 0.1) is 25.4 Å². The Kier molecular flexibility index (Phi) is 12.4. The minimum absolute atomic E-state index is 0.180. The predicted octanol–water partition coefficient (Wildman–Crippen LogP) is 7.17. The minimum Gasteiger partial charge on any atom is -0.493 e. The van der Waals surface area contributed by atoms with Gasteiger partial charge in [0.25, 0.3) is 0 Å². The van der Waals surface area contributed by atoms with Gasteiger partial charge in [0, 0.05) is 18.4 Å². The largest absolute Gasteiger partial charge is 0.493 e. The fourth-order valence-electron chi connectivity index (χ4n) is 4.15. The van der Waals surface area contributed by atoms with Crippen LogP contribution in [0.2, 0.25) is 0 Å². The lowest BCUT2D eigenvalue weighted by Gasteiger charge is -2.20. The van der Waals surface area contributed by atoms with Gasteiger partial charge in [-0.1, -0.05) is 12.1 Å². The Balaban J connectivity index is 1.84. The van der Waals surface area contributed by atoms with Gasteiger partial charge in [-0.15, -0.1) is 0 Å². The predicted molar refractivity (Wildman–Crippen MR) is 162 cm³/mol. The average molecular weight is 597 g/mol. The molecule has 8 nitrogen and oxygen atoms in total. The molecule has 0 unspecified atom stereocenters. The standard InChI is InChI=1S/C33H40O8S/c1-6-37-30(34)12-9-16-39-29-11-8-10-23(28(29)13-14-31(35)38-7-2)21-40-27-19-25(24-15-17-42-22-24)18-26(20-27)32(36)41-33(3,4)5/h8,10-11,15,17-20,22H,6-7,9,12-14,16,21H2,1-5H3. The van der Waals surface area contributed by atoms with Crippen LogP contribution in [0, 0.1) is 0 Å². The van der Waals surface area contributed by atoms with E-state index in [1.165, 1.54) is 0 Å². The van der Waals surface area contributed by atoms with Crippen LogP contribution in [-0.4, -0.2) is 43.3 Å². The number of carbonyl (C=O) groups is 3. The topological polar surface area (TPSA) is 97.4 Å². The first-order valence-electron chi connectivity index (χ1n) is 14.2. The first kappa shape index (κ1) is 32.7. The monoisotopic (exact) mass is 596 g/mol. The molecular weight excluding hydrogens is 556 g/mol. The van der Waals surface area contributed by atoms with E-state index in [-0.39, 0.29) is 31.4 Å². The summed E-state index contributed by atoms with van der Waals surface area (Å²) in [4.78, 5) is 36.8. The number of rotatable bonds is 15. The van der Waals surface area contributed by atoms with E-state index in [0.717, 1.165) is 22.3 Å². The first-order chi connectivity index (χ1) is 20.1. The van der Waals surface area contributed by atoms with E-state index in [4.69, 9.17) is 23.7 Å². The Morgan fingerprint density at radius 3 is 2.26 bits per heavy atom. The fourth-order valence-corrected chi connectivity index (χ4v) is 4.82. The van der Waals surface area contributed by atoms with Crippen molar-refractivity contribution >= 4 is 29.2 Å². The van der Waals surface area contributed by atoms with Crippen molar-refractivity contribution in [3.05, 3.63) is 69.9 Å². The summed E-state index contributed by atoms with van der Waals surface area (Å²) in [7, 11) is 0. The first-order valence-corrected chi connectivity index (χ1v) is 15.1. The molecule has 0 aliphatic heterocycles. The van der Waals surface area contributed by atoms with Crippen molar-refractivity contribution in [1.82, 2.24) is 0 Å². The Hall–Kier alpha value is -3.85. The molecule has 3 aromatic rings. The summed E-state index contributed by atoms with van der Waals surface area (Å²) in [5.41, 5.74) is 3.23. The van der Waals surface area contributed by atoms with Crippen molar-refractivity contribution in [3.8, 4) is 22.6 Å². The number of hydrogen-bond donors (Lipinski definition) is 0. The SMILES string of the molecule is CCOC(=O)CCCOc1cccc(COc2cc(C(=O)OC(C)(C)C)cc(-c3ccsc3)c2)c1CCC(=O)OCC. The minimum atomic E-state index is -0.638. The molecule has 0 fully saturated rings. The van der Waals surface area contributed by atoms with Crippen molar-refractivity contribution in [1.29, 1.82) is 0 Å². The van der Waals surface area contributed by atoms with Crippen LogP contribution in [-0.2, 0) is 36.8 Å². The molecule has 0 aliphatic rings. The molecule has 0 saturated carbocycles. The molecule has 0 N–H and O–H groups in total. The third-order valence-electron chi connectivity index (χ3n) is 5.99. The van der Waals surface area contributed by atoms with Crippen LogP contribution in [0.15, 0.2) is 53.2 Å². The van der Waals surface area contributed by atoms with E-state index in [9.17, 15) is 14.4 Å². The third kappa shape index (κ3) is 10.5. The quantitative estimate of drug-likeness (QED) is 0.104. The number of ether oxygens (including phenoxy) is 5. The van der Waals surface area contributed by atoms with Gasteiger partial charge in [-0.05, 0) is 105 Å². The van der Waals surface area contributed by atoms with Crippen LogP contribution in [0.3, 0.4) is 0 Å². The van der Waals surface area contributed by atoms with Gasteiger partial charge >= 0.3 is 17.9 Å². The number of thiophene rings is 1. The third-order valence-corrected chi connectivity index (χ3v) is 6.68. The molecule has 3 rings (SSSR count). The summed E-state index contributed by atoms with van der Waals surface area (Å²) in [5.74, 6) is 0.133. The maximum atomic E-state index is 12.9. The zero-order chi connectivity index (χ0) is 30.5. The summed E-state index contributed by atoms with van der Waals surface area (Å²) in [6.07, 6.45) is 1.33. The second kappa shape index (κ2) is 16.0. The van der Waals surface area contributed by atoms with Crippen LogP contribution >= 0.6 is 11.3 Å². The van der Waals surface area contributed by atoms with Gasteiger partial charge < -0.3 is 23.7 Å². The van der Waals surface area contributed by atoms with E-state index in [0.29, 0.717) is 49.7 Å². The lowest BCUT2D eigenvalue weighted by atomic mass is 10.0. The Morgan fingerprint density at radius 2 is 1.60 bits per heavy atom. The second-order valence-electron chi connectivity index (χ2n) is 10.5. The van der Waals surface area contributed by atoms with Crippen LogP contribution in [0.4, 0.5) is 0 Å². The van der Waals surface area contributed by atoms with E-state index in [1.807, 2.05) is 61.9 Å². The Morgan fingerprint density at radius 1 is 0.857 bits per heavy atom. The van der Waals surface area contributed by atoms with Gasteiger partial charge in [-0.3, -0.25) is 9.59 Å². The molecule has 42 heavy (non-hydrogen) atoms. The number of carbonyl (C=O) groups excluding carboxylic acids is 3. The molecule has 9 heteroatoms. The molecule has 0 atom stereocenters. The zero-order valence-electron chi connectivity index (χ0n) is 25.0. The van der Waals surface area contributed by atoms with Gasteiger partial charge in [0.15, 0.2) is 0 Å². The highest BCUT2D eigenvalue weighted by Crippen LogP contribution is 2.31. The van der Waals surface area contributed by atoms with Crippen LogP contribution < -0.4 is 9.47 Å². The van der Waals surface area contributed by atoms with Gasteiger partial charge in [-0.2, -0.15) is 11.3 Å². The van der Waals surface area contributed by atoms with Crippen LogP contribution in [0.1, 0.15) is 75.4 Å². The summed E-state index contributed by atoms with van der Waals surface area (Å²) >= 11 is 1.57. The summed E-state index contributed by atoms with van der Waals surface area (Å²) in [6, 6.07) is 13.0. The summed E-state index contributed by atoms with van der Waals surface area (Å²) in [5, 5.41) is 3.98. The smallest absolute Gasteiger partial charge is 0.338 e. The lowest BCUT2D eigenvalue weighted by molar-refractivity contribution is -0.144. The molecule has 0 amide bonds. The van der Waals surface area contributed by atoms with Crippen LogP contribution in [0.25, 0.3) is 11.1 Å². The highest BCUT2D eigenvalue weighted by molar-refractivity contribution is 7.08. The molecule has 226 valence electrons. The van der Waals surface area contributed by atoms with Crippen molar-refractivity contribution in [3.63, 3.8) is 0 Å². The highest BCUT2D eigenvalue weighted by atomic mass is 32.1. The van der Waals surface area contributed by atoms with Crippen molar-refractivity contribution < 1.29 is 38.1 Å². The second-order valence-corrected chi connectivity index (χ2v) is 11.3. The number of benzene rings is 2. The maximum absolute atomic E-state index is 12.9. The Bertz CT molecular complexity index is 1320. The molecule has 0 spiro atoms. The van der Waals surface area contributed by atoms with E-state index >= 15 is 0 Å². The Labute approximate surface area is 251 Å². The fraction of sp³-hybridized carbons (Fsp3) is 0.424. The van der Waals surface area contributed by atoms with Crippen molar-refractivity contribution in [2.45, 2.75) is 72.5 Å². The van der Waals surface area contributed by atoms with Gasteiger partial charge in [-0.25, -0.2) is 4.79 Å². The molecule has 0 saturated heterocycles. The zero-order valence-corrected chi connectivity index (χ0v) is 25.8. The highest BCUT2D eigenvalue weighted by Gasteiger charge is 2.20. The molecule has 1 heterocycles. The van der Waals surface area contributed by atoms with E-state index in [2.05, 4.69) is 0 Å².